The summed E-state index contributed by atoms with van der Waals surface area (Å²) >= 11 is 5.99. The van der Waals surface area contributed by atoms with Gasteiger partial charge in [-0.05, 0) is 18.2 Å². The van der Waals surface area contributed by atoms with Gasteiger partial charge in [-0.15, -0.1) is 0 Å². The number of anilines is 1. The van der Waals surface area contributed by atoms with E-state index in [0.717, 1.165) is 11.3 Å². The number of nitrogens with one attached hydrogen (secondary N) is 1. The fourth-order valence-electron chi connectivity index (χ4n) is 1.87. The molecular formula is C16H15ClN2O2. The molecule has 0 bridgehead atoms. The second-order valence-corrected chi connectivity index (χ2v) is 4.66. The molecule has 108 valence electrons. The predicted octanol–water partition coefficient (Wildman–Crippen LogP) is 3.86. The molecule has 0 saturated heterocycles. The Morgan fingerprint density at radius 2 is 2.00 bits per heavy atom. The minimum atomic E-state index is 0.0335. The highest BCUT2D eigenvalue weighted by atomic mass is 35.5. The van der Waals surface area contributed by atoms with Crippen LogP contribution in [0, 0.1) is 11.3 Å². The molecule has 0 heterocycles. The van der Waals surface area contributed by atoms with Gasteiger partial charge in [0, 0.05) is 23.9 Å². The first-order valence-electron chi connectivity index (χ1n) is 6.39. The van der Waals surface area contributed by atoms with Crippen LogP contribution in [0.5, 0.6) is 11.5 Å². The molecule has 1 N–H and O–H groups in total. The molecule has 0 saturated carbocycles. The molecule has 0 amide bonds. The third-order valence-corrected chi connectivity index (χ3v) is 3.21. The van der Waals surface area contributed by atoms with Crippen LogP contribution in [0.25, 0.3) is 0 Å². The van der Waals surface area contributed by atoms with Gasteiger partial charge in [0.1, 0.15) is 17.6 Å². The van der Waals surface area contributed by atoms with Crippen molar-refractivity contribution in [2.45, 2.75) is 6.54 Å². The monoisotopic (exact) mass is 302 g/mol. The summed E-state index contributed by atoms with van der Waals surface area (Å²) < 4.78 is 10.6. The van der Waals surface area contributed by atoms with Crippen LogP contribution < -0.4 is 14.8 Å². The zero-order valence-corrected chi connectivity index (χ0v) is 12.4. The van der Waals surface area contributed by atoms with Crippen LogP contribution in [0.1, 0.15) is 5.56 Å². The Bertz CT molecular complexity index is 653. The lowest BCUT2D eigenvalue weighted by Gasteiger charge is -2.12. The SMILES string of the molecule is COc1cc(NCc2ccccc2OCC#N)ccc1Cl. The average Bonchev–Trinajstić information content (AvgIpc) is 2.53. The average molecular weight is 303 g/mol. The molecule has 4 nitrogen and oxygen atoms in total. The molecule has 0 fully saturated rings. The Kier molecular flexibility index (Phi) is 5.30. The van der Waals surface area contributed by atoms with E-state index in [-0.39, 0.29) is 6.61 Å². The van der Waals surface area contributed by atoms with E-state index in [0.29, 0.717) is 23.1 Å². The van der Waals surface area contributed by atoms with Crippen LogP contribution in [0.3, 0.4) is 0 Å². The zero-order chi connectivity index (χ0) is 15.1. The van der Waals surface area contributed by atoms with E-state index in [1.54, 1.807) is 13.2 Å². The van der Waals surface area contributed by atoms with Crippen molar-refractivity contribution in [3.63, 3.8) is 0 Å². The van der Waals surface area contributed by atoms with Crippen LogP contribution in [0.2, 0.25) is 5.02 Å². The number of hydrogen-bond donors (Lipinski definition) is 1. The number of benzene rings is 2. The fourth-order valence-corrected chi connectivity index (χ4v) is 2.06. The highest BCUT2D eigenvalue weighted by Gasteiger charge is 2.05. The van der Waals surface area contributed by atoms with E-state index in [1.807, 2.05) is 42.5 Å². The van der Waals surface area contributed by atoms with E-state index >= 15 is 0 Å². The number of hydrogen-bond acceptors (Lipinski definition) is 4. The van der Waals surface area contributed by atoms with Gasteiger partial charge in [-0.2, -0.15) is 5.26 Å². The van der Waals surface area contributed by atoms with Gasteiger partial charge in [0.05, 0.1) is 12.1 Å². The second kappa shape index (κ2) is 7.41. The molecule has 0 radical (unpaired) electrons. The van der Waals surface area contributed by atoms with Crippen molar-refractivity contribution in [1.82, 2.24) is 0 Å². The lowest BCUT2D eigenvalue weighted by atomic mass is 10.2. The largest absolute Gasteiger partial charge is 0.495 e. The summed E-state index contributed by atoms with van der Waals surface area (Å²) in [6.07, 6.45) is 0. The molecular weight excluding hydrogens is 288 g/mol. The lowest BCUT2D eigenvalue weighted by Crippen LogP contribution is -2.03. The first-order valence-corrected chi connectivity index (χ1v) is 6.77. The van der Waals surface area contributed by atoms with Crippen LogP contribution in [0.4, 0.5) is 5.69 Å². The summed E-state index contributed by atoms with van der Waals surface area (Å²) in [6.45, 7) is 0.609. The summed E-state index contributed by atoms with van der Waals surface area (Å²) in [6, 6.07) is 15.1. The number of rotatable bonds is 6. The Morgan fingerprint density at radius 1 is 1.19 bits per heavy atom. The molecule has 0 unspecified atom stereocenters. The molecule has 0 aliphatic heterocycles. The predicted molar refractivity (Wildman–Crippen MR) is 82.9 cm³/mol. The Morgan fingerprint density at radius 3 is 2.76 bits per heavy atom. The van der Waals surface area contributed by atoms with Crippen molar-refractivity contribution in [3.8, 4) is 17.6 Å². The van der Waals surface area contributed by atoms with Crippen molar-refractivity contribution in [3.05, 3.63) is 53.1 Å². The summed E-state index contributed by atoms with van der Waals surface area (Å²) in [7, 11) is 1.58. The lowest BCUT2D eigenvalue weighted by molar-refractivity contribution is 0.364. The molecule has 0 spiro atoms. The van der Waals surface area contributed by atoms with Gasteiger partial charge in [0.2, 0.25) is 0 Å². The Hall–Kier alpha value is -2.38. The van der Waals surface area contributed by atoms with Gasteiger partial charge in [0.25, 0.3) is 0 Å². The normalized spacial score (nSPS) is 9.76. The van der Waals surface area contributed by atoms with Gasteiger partial charge in [-0.1, -0.05) is 29.8 Å². The number of para-hydroxylation sites is 1. The second-order valence-electron chi connectivity index (χ2n) is 4.26. The number of methoxy groups -OCH3 is 1. The van der Waals surface area contributed by atoms with Gasteiger partial charge in [-0.3, -0.25) is 0 Å². The molecule has 21 heavy (non-hydrogen) atoms. The molecule has 2 aromatic carbocycles. The minimum absolute atomic E-state index is 0.0335. The highest BCUT2D eigenvalue weighted by Crippen LogP contribution is 2.28. The van der Waals surface area contributed by atoms with Crippen LogP contribution in [0.15, 0.2) is 42.5 Å². The van der Waals surface area contributed by atoms with Crippen molar-refractivity contribution in [2.75, 3.05) is 19.0 Å². The highest BCUT2D eigenvalue weighted by molar-refractivity contribution is 6.32. The smallest absolute Gasteiger partial charge is 0.174 e. The number of ether oxygens (including phenoxy) is 2. The van der Waals surface area contributed by atoms with Gasteiger partial charge >= 0.3 is 0 Å². The van der Waals surface area contributed by atoms with Gasteiger partial charge < -0.3 is 14.8 Å². The first kappa shape index (κ1) is 15.0. The molecule has 0 aliphatic rings. The standard InChI is InChI=1S/C16H15ClN2O2/c1-20-16-10-13(6-7-14(16)17)19-11-12-4-2-3-5-15(12)21-9-8-18/h2-7,10,19H,9,11H2,1H3. The first-order chi connectivity index (χ1) is 10.2. The number of nitrogens with zero attached hydrogens (tertiary/aromatic N) is 1. The van der Waals surface area contributed by atoms with E-state index in [2.05, 4.69) is 5.32 Å². The third-order valence-electron chi connectivity index (χ3n) is 2.90. The molecule has 5 heteroatoms. The molecule has 2 aromatic rings. The van der Waals surface area contributed by atoms with Crippen LogP contribution >= 0.6 is 11.6 Å². The van der Waals surface area contributed by atoms with E-state index < -0.39 is 0 Å². The van der Waals surface area contributed by atoms with Crippen molar-refractivity contribution in [1.29, 1.82) is 5.26 Å². The third kappa shape index (κ3) is 4.04. The molecule has 0 aromatic heterocycles. The van der Waals surface area contributed by atoms with Crippen molar-refractivity contribution < 1.29 is 9.47 Å². The zero-order valence-electron chi connectivity index (χ0n) is 11.6. The molecule has 2 rings (SSSR count). The Labute approximate surface area is 128 Å². The number of nitriles is 1. The maximum atomic E-state index is 8.59. The molecule has 0 aliphatic carbocycles. The minimum Gasteiger partial charge on any atom is -0.495 e. The quantitative estimate of drug-likeness (QED) is 0.880. The summed E-state index contributed by atoms with van der Waals surface area (Å²) in [5.74, 6) is 1.32. The summed E-state index contributed by atoms with van der Waals surface area (Å²) in [4.78, 5) is 0. The molecule has 0 atom stereocenters. The van der Waals surface area contributed by atoms with Crippen molar-refractivity contribution >= 4 is 17.3 Å². The number of halogens is 1. The summed E-state index contributed by atoms with van der Waals surface area (Å²) in [5.41, 5.74) is 1.87. The van der Waals surface area contributed by atoms with Gasteiger partial charge in [0.15, 0.2) is 6.61 Å². The van der Waals surface area contributed by atoms with Crippen LogP contribution in [-0.2, 0) is 6.54 Å². The topological polar surface area (TPSA) is 54.3 Å². The fraction of sp³-hybridized carbons (Fsp3) is 0.188. The Balaban J connectivity index is 2.08. The summed E-state index contributed by atoms with van der Waals surface area (Å²) in [5, 5.41) is 12.4. The maximum absolute atomic E-state index is 8.59. The maximum Gasteiger partial charge on any atom is 0.174 e. The van der Waals surface area contributed by atoms with Gasteiger partial charge in [-0.25, -0.2) is 0 Å². The van der Waals surface area contributed by atoms with E-state index in [4.69, 9.17) is 26.3 Å². The van der Waals surface area contributed by atoms with Crippen LogP contribution in [-0.4, -0.2) is 13.7 Å². The van der Waals surface area contributed by atoms with Crippen molar-refractivity contribution in [2.24, 2.45) is 0 Å². The van der Waals surface area contributed by atoms with E-state index in [9.17, 15) is 0 Å². The van der Waals surface area contributed by atoms with E-state index in [1.165, 1.54) is 0 Å².